The van der Waals surface area contributed by atoms with E-state index in [0.717, 1.165) is 37.2 Å². The van der Waals surface area contributed by atoms with E-state index < -0.39 is 0 Å². The third kappa shape index (κ3) is 4.20. The van der Waals surface area contributed by atoms with E-state index in [1.165, 1.54) is 18.2 Å². The molecule has 1 fully saturated rings. The van der Waals surface area contributed by atoms with Gasteiger partial charge < -0.3 is 4.90 Å². The first kappa shape index (κ1) is 19.0. The summed E-state index contributed by atoms with van der Waals surface area (Å²) in [6.07, 6.45) is 6.83. The molecule has 0 saturated carbocycles. The summed E-state index contributed by atoms with van der Waals surface area (Å²) in [6, 6.07) is 11.3. The number of benzene rings is 1. The van der Waals surface area contributed by atoms with Gasteiger partial charge in [0.2, 0.25) is 5.91 Å². The molecule has 0 spiro atoms. The topological polar surface area (TPSA) is 63.9 Å². The van der Waals surface area contributed by atoms with Gasteiger partial charge >= 0.3 is 0 Å². The number of hydrogen-bond donors (Lipinski definition) is 0. The molecular weight excluding hydrogens is 394 g/mol. The van der Waals surface area contributed by atoms with Crippen molar-refractivity contribution in [1.29, 1.82) is 0 Å². The van der Waals surface area contributed by atoms with Crippen LogP contribution < -0.4 is 0 Å². The average molecular weight is 414 g/mol. The Hall–Kier alpha value is -2.38. The number of likely N-dealkylation sites (tertiary alicyclic amines) is 1. The Balaban J connectivity index is 1.62. The van der Waals surface area contributed by atoms with Crippen molar-refractivity contribution in [1.82, 2.24) is 24.6 Å². The van der Waals surface area contributed by atoms with Gasteiger partial charge in [0.25, 0.3) is 0 Å². The molecule has 4 rings (SSSR count). The van der Waals surface area contributed by atoms with Crippen LogP contribution >= 0.6 is 23.4 Å². The average Bonchev–Trinajstić information content (AvgIpc) is 3.18. The van der Waals surface area contributed by atoms with Crippen molar-refractivity contribution in [3.05, 3.63) is 53.8 Å². The van der Waals surface area contributed by atoms with E-state index in [2.05, 4.69) is 15.2 Å². The minimum atomic E-state index is 0.154. The second kappa shape index (κ2) is 8.75. The molecule has 0 radical (unpaired) electrons. The van der Waals surface area contributed by atoms with Crippen molar-refractivity contribution in [3.8, 4) is 17.1 Å². The van der Waals surface area contributed by atoms with E-state index in [1.807, 2.05) is 45.9 Å². The van der Waals surface area contributed by atoms with Crippen LogP contribution in [0.25, 0.3) is 17.1 Å². The van der Waals surface area contributed by atoms with Gasteiger partial charge in [-0.3, -0.25) is 14.3 Å². The van der Waals surface area contributed by atoms with E-state index in [4.69, 9.17) is 11.6 Å². The molecule has 3 heterocycles. The SMILES string of the molecule is O=C(CSc1nnc(-c2ccncc2)n1-c1ccc(Cl)cc1)N1CCCCC1. The van der Waals surface area contributed by atoms with Crippen molar-refractivity contribution < 1.29 is 4.79 Å². The summed E-state index contributed by atoms with van der Waals surface area (Å²) in [5.41, 5.74) is 1.81. The van der Waals surface area contributed by atoms with E-state index in [9.17, 15) is 4.79 Å². The predicted octanol–water partition coefficient (Wildman–Crippen LogP) is 4.09. The Morgan fingerprint density at radius 2 is 1.71 bits per heavy atom. The van der Waals surface area contributed by atoms with Crippen LogP contribution in [0.5, 0.6) is 0 Å². The standard InChI is InChI=1S/C20H20ClN5OS/c21-16-4-6-17(7-5-16)26-19(15-8-10-22-11-9-15)23-24-20(26)28-14-18(27)25-12-2-1-3-13-25/h4-11H,1-3,12-14H2. The van der Waals surface area contributed by atoms with Crippen molar-refractivity contribution in [2.75, 3.05) is 18.8 Å². The maximum Gasteiger partial charge on any atom is 0.233 e. The Labute approximate surface area is 172 Å². The van der Waals surface area contributed by atoms with Crippen molar-refractivity contribution >= 4 is 29.3 Å². The molecule has 1 aliphatic heterocycles. The van der Waals surface area contributed by atoms with Crippen molar-refractivity contribution in [2.24, 2.45) is 0 Å². The van der Waals surface area contributed by atoms with Crippen LogP contribution in [0.3, 0.4) is 0 Å². The summed E-state index contributed by atoms with van der Waals surface area (Å²) >= 11 is 7.47. The second-order valence-electron chi connectivity index (χ2n) is 6.58. The molecule has 0 atom stereocenters. The van der Waals surface area contributed by atoms with Crippen molar-refractivity contribution in [2.45, 2.75) is 24.4 Å². The summed E-state index contributed by atoms with van der Waals surface area (Å²) < 4.78 is 1.96. The van der Waals surface area contributed by atoms with Crippen LogP contribution in [0.15, 0.2) is 53.9 Å². The summed E-state index contributed by atoms with van der Waals surface area (Å²) in [5, 5.41) is 10.1. The first-order chi connectivity index (χ1) is 13.7. The van der Waals surface area contributed by atoms with Crippen LogP contribution in [0.1, 0.15) is 19.3 Å². The smallest absolute Gasteiger partial charge is 0.233 e. The Bertz CT molecular complexity index is 939. The van der Waals surface area contributed by atoms with Gasteiger partial charge in [-0.15, -0.1) is 10.2 Å². The number of amides is 1. The van der Waals surface area contributed by atoms with E-state index in [1.54, 1.807) is 12.4 Å². The number of carbonyl (C=O) groups excluding carboxylic acids is 1. The minimum Gasteiger partial charge on any atom is -0.342 e. The lowest BCUT2D eigenvalue weighted by Crippen LogP contribution is -2.36. The van der Waals surface area contributed by atoms with Crippen molar-refractivity contribution in [3.63, 3.8) is 0 Å². The minimum absolute atomic E-state index is 0.154. The Morgan fingerprint density at radius 1 is 1.00 bits per heavy atom. The lowest BCUT2D eigenvalue weighted by Gasteiger charge is -2.26. The highest BCUT2D eigenvalue weighted by atomic mass is 35.5. The first-order valence-electron chi connectivity index (χ1n) is 9.25. The Kier molecular flexibility index (Phi) is 5.92. The number of piperidine rings is 1. The van der Waals surface area contributed by atoms with E-state index in [0.29, 0.717) is 21.8 Å². The van der Waals surface area contributed by atoms with Gasteiger partial charge in [-0.2, -0.15) is 0 Å². The molecule has 1 amide bonds. The molecular formula is C20H20ClN5OS. The van der Waals surface area contributed by atoms with Gasteiger partial charge in [0, 0.05) is 41.8 Å². The fourth-order valence-corrected chi connectivity index (χ4v) is 4.22. The van der Waals surface area contributed by atoms with Gasteiger partial charge in [0.1, 0.15) is 0 Å². The molecule has 144 valence electrons. The number of aromatic nitrogens is 4. The van der Waals surface area contributed by atoms with E-state index >= 15 is 0 Å². The quantitative estimate of drug-likeness (QED) is 0.589. The number of rotatable bonds is 5. The van der Waals surface area contributed by atoms with E-state index in [-0.39, 0.29) is 5.91 Å². The summed E-state index contributed by atoms with van der Waals surface area (Å²) in [7, 11) is 0. The first-order valence-corrected chi connectivity index (χ1v) is 10.6. The number of nitrogens with zero attached hydrogens (tertiary/aromatic N) is 5. The molecule has 1 saturated heterocycles. The fraction of sp³-hybridized carbons (Fsp3) is 0.300. The molecule has 8 heteroatoms. The highest BCUT2D eigenvalue weighted by molar-refractivity contribution is 7.99. The highest BCUT2D eigenvalue weighted by Gasteiger charge is 2.20. The zero-order chi connectivity index (χ0) is 19.3. The number of carbonyl (C=O) groups is 1. The lowest BCUT2D eigenvalue weighted by molar-refractivity contribution is -0.129. The maximum absolute atomic E-state index is 12.6. The van der Waals surface area contributed by atoms with Crippen LogP contribution in [0.4, 0.5) is 0 Å². The van der Waals surface area contributed by atoms with Crippen LogP contribution in [-0.4, -0.2) is 49.4 Å². The third-order valence-electron chi connectivity index (χ3n) is 4.69. The van der Waals surface area contributed by atoms with Gasteiger partial charge in [0.05, 0.1) is 5.75 Å². The van der Waals surface area contributed by atoms with Crippen LogP contribution in [-0.2, 0) is 4.79 Å². The lowest BCUT2D eigenvalue weighted by atomic mass is 10.1. The number of pyridine rings is 1. The molecule has 0 bridgehead atoms. The van der Waals surface area contributed by atoms with Crippen LogP contribution in [0, 0.1) is 0 Å². The largest absolute Gasteiger partial charge is 0.342 e. The molecule has 1 aliphatic rings. The molecule has 0 N–H and O–H groups in total. The Morgan fingerprint density at radius 3 is 2.43 bits per heavy atom. The van der Waals surface area contributed by atoms with Gasteiger partial charge in [0.15, 0.2) is 11.0 Å². The van der Waals surface area contributed by atoms with Gasteiger partial charge in [-0.25, -0.2) is 0 Å². The summed E-state index contributed by atoms with van der Waals surface area (Å²) in [4.78, 5) is 18.6. The molecule has 6 nitrogen and oxygen atoms in total. The maximum atomic E-state index is 12.6. The zero-order valence-corrected chi connectivity index (χ0v) is 16.9. The summed E-state index contributed by atoms with van der Waals surface area (Å²) in [5.74, 6) is 1.21. The molecule has 1 aromatic carbocycles. The second-order valence-corrected chi connectivity index (χ2v) is 7.96. The monoisotopic (exact) mass is 413 g/mol. The number of thioether (sulfide) groups is 1. The van der Waals surface area contributed by atoms with Gasteiger partial charge in [-0.1, -0.05) is 23.4 Å². The molecule has 28 heavy (non-hydrogen) atoms. The summed E-state index contributed by atoms with van der Waals surface area (Å²) in [6.45, 7) is 1.71. The van der Waals surface area contributed by atoms with Crippen LogP contribution in [0.2, 0.25) is 5.02 Å². The fourth-order valence-electron chi connectivity index (χ4n) is 3.24. The number of hydrogen-bond acceptors (Lipinski definition) is 5. The third-order valence-corrected chi connectivity index (χ3v) is 5.86. The molecule has 0 aliphatic carbocycles. The molecule has 2 aromatic heterocycles. The highest BCUT2D eigenvalue weighted by Crippen LogP contribution is 2.28. The molecule has 0 unspecified atom stereocenters. The number of halogens is 1. The van der Waals surface area contributed by atoms with Gasteiger partial charge in [-0.05, 0) is 55.7 Å². The normalized spacial score (nSPS) is 14.2. The zero-order valence-electron chi connectivity index (χ0n) is 15.3. The molecule has 3 aromatic rings. The predicted molar refractivity (Wildman–Crippen MR) is 111 cm³/mol.